The van der Waals surface area contributed by atoms with Gasteiger partial charge >= 0.3 is 0 Å². The number of hydrogen-bond donors (Lipinski definition) is 0. The predicted molar refractivity (Wildman–Crippen MR) is 91.6 cm³/mol. The summed E-state index contributed by atoms with van der Waals surface area (Å²) in [5.41, 5.74) is 0.844. The molecule has 1 aliphatic rings. The van der Waals surface area contributed by atoms with E-state index in [0.717, 1.165) is 24.8 Å². The van der Waals surface area contributed by atoms with Crippen molar-refractivity contribution in [3.63, 3.8) is 0 Å². The maximum Gasteiger partial charge on any atom is 0.182 e. The van der Waals surface area contributed by atoms with Crippen LogP contribution >= 0.6 is 0 Å². The second-order valence-electron chi connectivity index (χ2n) is 5.85. The molecule has 0 saturated carbocycles. The quantitative estimate of drug-likeness (QED) is 0.332. The van der Waals surface area contributed by atoms with Crippen LogP contribution in [0.4, 0.5) is 0 Å². The summed E-state index contributed by atoms with van der Waals surface area (Å²) < 4.78 is 0. The van der Waals surface area contributed by atoms with E-state index in [0.29, 0.717) is 6.42 Å². The number of rotatable bonds is 11. The van der Waals surface area contributed by atoms with E-state index in [1.54, 1.807) is 6.08 Å². The van der Waals surface area contributed by atoms with Crippen molar-refractivity contribution in [1.82, 2.24) is 0 Å². The molecular formula is C20H27O3-. The number of hydrogen-bond acceptors (Lipinski definition) is 3. The Morgan fingerprint density at radius 1 is 1.17 bits per heavy atom. The van der Waals surface area contributed by atoms with Crippen molar-refractivity contribution in [3.8, 4) is 0 Å². The van der Waals surface area contributed by atoms with E-state index in [4.69, 9.17) is 0 Å². The molecule has 23 heavy (non-hydrogen) atoms. The van der Waals surface area contributed by atoms with Gasteiger partial charge in [-0.1, -0.05) is 56.2 Å². The molecule has 126 valence electrons. The lowest BCUT2D eigenvalue weighted by Crippen LogP contribution is -2.21. The van der Waals surface area contributed by atoms with E-state index in [2.05, 4.69) is 13.0 Å². The highest BCUT2D eigenvalue weighted by Crippen LogP contribution is 2.25. The highest BCUT2D eigenvalue weighted by atomic mass is 16.4. The van der Waals surface area contributed by atoms with Crippen LogP contribution < -0.4 is 5.11 Å². The van der Waals surface area contributed by atoms with Crippen LogP contribution in [0.25, 0.3) is 0 Å². The first kappa shape index (κ1) is 19.1. The third kappa shape index (κ3) is 8.34. The van der Waals surface area contributed by atoms with Gasteiger partial charge in [0.15, 0.2) is 5.78 Å². The van der Waals surface area contributed by atoms with Crippen LogP contribution in [0, 0.1) is 5.92 Å². The van der Waals surface area contributed by atoms with Crippen molar-refractivity contribution in [2.24, 2.45) is 5.92 Å². The van der Waals surface area contributed by atoms with Crippen LogP contribution in [0.2, 0.25) is 0 Å². The Hall–Kier alpha value is -1.90. The van der Waals surface area contributed by atoms with Gasteiger partial charge in [-0.15, -0.1) is 0 Å². The molecule has 0 unspecified atom stereocenters. The zero-order valence-corrected chi connectivity index (χ0v) is 14.0. The Morgan fingerprint density at radius 2 is 1.96 bits per heavy atom. The smallest absolute Gasteiger partial charge is 0.182 e. The SMILES string of the molecule is CCCCC/C=C/C=C1/C(=O)C=C[C@@H]1C/C=C\CCCC(=O)[O-]. The molecule has 1 rings (SSSR count). The van der Waals surface area contributed by atoms with E-state index in [1.165, 1.54) is 19.3 Å². The zero-order valence-electron chi connectivity index (χ0n) is 14.0. The Bertz CT molecular complexity index is 495. The van der Waals surface area contributed by atoms with Gasteiger partial charge in [0, 0.05) is 17.5 Å². The highest BCUT2D eigenvalue weighted by molar-refractivity contribution is 6.07. The minimum Gasteiger partial charge on any atom is -0.550 e. The van der Waals surface area contributed by atoms with Gasteiger partial charge in [0.1, 0.15) is 0 Å². The van der Waals surface area contributed by atoms with E-state index >= 15 is 0 Å². The summed E-state index contributed by atoms with van der Waals surface area (Å²) >= 11 is 0. The van der Waals surface area contributed by atoms with Gasteiger partial charge < -0.3 is 9.90 Å². The minimum atomic E-state index is -1.00. The molecule has 0 aromatic carbocycles. The summed E-state index contributed by atoms with van der Waals surface area (Å²) in [6.07, 6.45) is 20.6. The van der Waals surface area contributed by atoms with E-state index in [-0.39, 0.29) is 18.1 Å². The first-order chi connectivity index (χ1) is 11.1. The lowest BCUT2D eigenvalue weighted by atomic mass is 9.97. The third-order valence-electron chi connectivity index (χ3n) is 3.86. The largest absolute Gasteiger partial charge is 0.550 e. The first-order valence-electron chi connectivity index (χ1n) is 8.59. The number of carboxylic acid groups (broad SMARTS) is 1. The lowest BCUT2D eigenvalue weighted by Gasteiger charge is -2.06. The molecule has 0 saturated heterocycles. The summed E-state index contributed by atoms with van der Waals surface area (Å²) in [5, 5.41) is 10.3. The first-order valence-corrected chi connectivity index (χ1v) is 8.59. The standard InChI is InChI=1S/C20H28O3/c1-2-3-4-5-6-10-13-18-17(15-16-19(18)21)12-9-7-8-11-14-20(22)23/h6-7,9-10,13,15-17H,2-5,8,11-12,14H2,1H3,(H,22,23)/p-1/b9-7-,10-6+,18-13+/t17-/m0/s1. The summed E-state index contributed by atoms with van der Waals surface area (Å²) in [4.78, 5) is 22.2. The number of carboxylic acids is 1. The molecule has 1 atom stereocenters. The molecule has 0 spiro atoms. The topological polar surface area (TPSA) is 57.2 Å². The van der Waals surface area contributed by atoms with Crippen molar-refractivity contribution in [3.05, 3.63) is 48.1 Å². The average molecular weight is 315 g/mol. The van der Waals surface area contributed by atoms with Crippen LogP contribution in [0.1, 0.15) is 58.3 Å². The Morgan fingerprint density at radius 3 is 2.70 bits per heavy atom. The monoisotopic (exact) mass is 315 g/mol. The molecule has 0 heterocycles. The van der Waals surface area contributed by atoms with Crippen LogP contribution in [-0.4, -0.2) is 11.8 Å². The lowest BCUT2D eigenvalue weighted by molar-refractivity contribution is -0.305. The van der Waals surface area contributed by atoms with Crippen molar-refractivity contribution < 1.29 is 14.7 Å². The molecule has 0 amide bonds. The molecule has 0 radical (unpaired) electrons. The number of unbranched alkanes of at least 4 members (excludes halogenated alkanes) is 4. The number of aliphatic carboxylic acids is 1. The number of allylic oxidation sites excluding steroid dienone is 8. The van der Waals surface area contributed by atoms with E-state index in [1.807, 2.05) is 30.4 Å². The minimum absolute atomic E-state index is 0.0959. The molecule has 1 aliphatic carbocycles. The van der Waals surface area contributed by atoms with Crippen LogP contribution in [-0.2, 0) is 9.59 Å². The third-order valence-corrected chi connectivity index (χ3v) is 3.86. The maximum atomic E-state index is 11.9. The molecule has 0 aliphatic heterocycles. The van der Waals surface area contributed by atoms with Crippen molar-refractivity contribution in [1.29, 1.82) is 0 Å². The van der Waals surface area contributed by atoms with Crippen LogP contribution in [0.3, 0.4) is 0 Å². The second kappa shape index (κ2) is 11.6. The van der Waals surface area contributed by atoms with Crippen molar-refractivity contribution >= 4 is 11.8 Å². The molecule has 0 aromatic rings. The van der Waals surface area contributed by atoms with Gasteiger partial charge in [-0.2, -0.15) is 0 Å². The van der Waals surface area contributed by atoms with Gasteiger partial charge in [0.2, 0.25) is 0 Å². The van der Waals surface area contributed by atoms with Gasteiger partial charge in [0.05, 0.1) is 0 Å². The number of carbonyl (C=O) groups is 2. The van der Waals surface area contributed by atoms with Crippen LogP contribution in [0.5, 0.6) is 0 Å². The number of carbonyl (C=O) groups excluding carboxylic acids is 2. The van der Waals surface area contributed by atoms with E-state index < -0.39 is 5.97 Å². The van der Waals surface area contributed by atoms with Crippen molar-refractivity contribution in [2.75, 3.05) is 0 Å². The zero-order chi connectivity index (χ0) is 16.9. The molecule has 0 N–H and O–H groups in total. The van der Waals surface area contributed by atoms with Gasteiger partial charge in [-0.05, 0) is 44.6 Å². The van der Waals surface area contributed by atoms with Gasteiger partial charge in [-0.25, -0.2) is 0 Å². The maximum absolute atomic E-state index is 11.9. The predicted octanol–water partition coefficient (Wildman–Crippen LogP) is 3.67. The summed E-state index contributed by atoms with van der Waals surface area (Å²) in [6.45, 7) is 2.19. The summed E-state index contributed by atoms with van der Waals surface area (Å²) in [5.74, 6) is -0.766. The highest BCUT2D eigenvalue weighted by Gasteiger charge is 2.20. The number of ketones is 1. The normalized spacial score (nSPS) is 19.6. The van der Waals surface area contributed by atoms with Gasteiger partial charge in [-0.3, -0.25) is 4.79 Å². The fourth-order valence-corrected chi connectivity index (χ4v) is 2.50. The molecule has 0 bridgehead atoms. The Labute approximate surface area is 139 Å². The second-order valence-corrected chi connectivity index (χ2v) is 5.85. The van der Waals surface area contributed by atoms with Crippen LogP contribution in [0.15, 0.2) is 48.1 Å². The fourth-order valence-electron chi connectivity index (χ4n) is 2.50. The fraction of sp³-hybridized carbons (Fsp3) is 0.500. The molecule has 3 heteroatoms. The molecule has 3 nitrogen and oxygen atoms in total. The molecule has 0 aromatic heterocycles. The molecular weight excluding hydrogens is 288 g/mol. The summed E-state index contributed by atoms with van der Waals surface area (Å²) in [7, 11) is 0. The van der Waals surface area contributed by atoms with Gasteiger partial charge in [0.25, 0.3) is 0 Å². The van der Waals surface area contributed by atoms with Crippen molar-refractivity contribution in [2.45, 2.75) is 58.3 Å². The van der Waals surface area contributed by atoms with E-state index in [9.17, 15) is 14.7 Å². The average Bonchev–Trinajstić information content (AvgIpc) is 2.86. The Balaban J connectivity index is 2.38. The molecule has 0 fully saturated rings. The Kier molecular flexibility index (Phi) is 9.69. The summed E-state index contributed by atoms with van der Waals surface area (Å²) in [6, 6.07) is 0.